The van der Waals surface area contributed by atoms with Gasteiger partial charge in [0.1, 0.15) is 16.5 Å². The first kappa shape index (κ1) is 16.0. The van der Waals surface area contributed by atoms with E-state index in [0.717, 1.165) is 37.1 Å². The molecular formula is C17H13BrN4O2S. The molecule has 0 atom stereocenters. The van der Waals surface area contributed by atoms with Gasteiger partial charge in [-0.05, 0) is 42.5 Å². The number of rotatable bonds is 4. The average molecular weight is 417 g/mol. The highest BCUT2D eigenvalue weighted by molar-refractivity contribution is 9.10. The fourth-order valence-corrected chi connectivity index (χ4v) is 3.71. The zero-order valence-corrected chi connectivity index (χ0v) is 15.8. The van der Waals surface area contributed by atoms with Crippen LogP contribution in [0.2, 0.25) is 0 Å². The van der Waals surface area contributed by atoms with Gasteiger partial charge >= 0.3 is 0 Å². The van der Waals surface area contributed by atoms with Crippen molar-refractivity contribution in [3.8, 4) is 33.5 Å². The zero-order valence-electron chi connectivity index (χ0n) is 13.4. The Morgan fingerprint density at radius 3 is 2.40 bits per heavy atom. The van der Waals surface area contributed by atoms with Crippen LogP contribution in [0.25, 0.3) is 26.9 Å². The number of ether oxygens (including phenoxy) is 2. The van der Waals surface area contributed by atoms with Crippen LogP contribution in [0, 0.1) is 0 Å². The minimum atomic E-state index is 0.664. The maximum Gasteiger partial charge on any atom is 0.235 e. The Balaban J connectivity index is 1.81. The lowest BCUT2D eigenvalue weighted by atomic mass is 10.2. The Bertz CT molecular complexity index is 1040. The van der Waals surface area contributed by atoms with Gasteiger partial charge in [-0.15, -0.1) is 10.2 Å². The van der Waals surface area contributed by atoms with Crippen LogP contribution in [-0.4, -0.2) is 34.0 Å². The monoisotopic (exact) mass is 416 g/mol. The molecule has 2 aromatic heterocycles. The summed E-state index contributed by atoms with van der Waals surface area (Å²) in [7, 11) is 3.29. The van der Waals surface area contributed by atoms with Crippen molar-refractivity contribution in [1.82, 2.24) is 19.8 Å². The van der Waals surface area contributed by atoms with Gasteiger partial charge in [0, 0.05) is 15.6 Å². The zero-order chi connectivity index (χ0) is 17.4. The van der Waals surface area contributed by atoms with Gasteiger partial charge in [-0.1, -0.05) is 27.3 Å². The summed E-state index contributed by atoms with van der Waals surface area (Å²) >= 11 is 5.05. The van der Waals surface area contributed by atoms with E-state index in [4.69, 9.17) is 9.47 Å². The first-order chi connectivity index (χ1) is 12.2. The molecule has 0 aliphatic rings. The molecule has 25 heavy (non-hydrogen) atoms. The third-order valence-corrected chi connectivity index (χ3v) is 5.38. The molecule has 0 unspecified atom stereocenters. The normalized spacial score (nSPS) is 11.0. The van der Waals surface area contributed by atoms with Crippen molar-refractivity contribution >= 4 is 32.2 Å². The molecule has 0 aliphatic carbocycles. The third-order valence-electron chi connectivity index (χ3n) is 3.74. The van der Waals surface area contributed by atoms with Crippen LogP contribution >= 0.6 is 27.3 Å². The molecule has 0 radical (unpaired) electrons. The van der Waals surface area contributed by atoms with Gasteiger partial charge in [0.15, 0.2) is 5.82 Å². The van der Waals surface area contributed by atoms with Crippen LogP contribution in [0.5, 0.6) is 11.5 Å². The minimum Gasteiger partial charge on any atom is -0.497 e. The highest BCUT2D eigenvalue weighted by Gasteiger charge is 2.17. The Labute approximate surface area is 156 Å². The Kier molecular flexibility index (Phi) is 4.14. The van der Waals surface area contributed by atoms with Crippen LogP contribution in [-0.2, 0) is 0 Å². The summed E-state index contributed by atoms with van der Waals surface area (Å²) in [5.74, 6) is 2.23. The lowest BCUT2D eigenvalue weighted by Crippen LogP contribution is -1.93. The lowest BCUT2D eigenvalue weighted by molar-refractivity contribution is 0.415. The standard InChI is InChI=1S/C17H13BrN4O2S/c1-23-11-5-3-10(4-6-11)16-21-22-15(19-20-17(22)25-16)13-9-12(24-2)7-8-14(13)18/h3-9H,1-2H3. The largest absolute Gasteiger partial charge is 0.497 e. The van der Waals surface area contributed by atoms with E-state index in [-0.39, 0.29) is 0 Å². The maximum atomic E-state index is 5.31. The van der Waals surface area contributed by atoms with E-state index in [2.05, 4.69) is 31.2 Å². The second-order valence-electron chi connectivity index (χ2n) is 5.20. The Morgan fingerprint density at radius 1 is 0.960 bits per heavy atom. The number of fused-ring (bicyclic) bond motifs is 1. The molecule has 6 nitrogen and oxygen atoms in total. The summed E-state index contributed by atoms with van der Waals surface area (Å²) in [6, 6.07) is 13.5. The molecule has 0 fully saturated rings. The molecule has 4 aromatic rings. The van der Waals surface area contributed by atoms with E-state index in [1.165, 1.54) is 11.3 Å². The topological polar surface area (TPSA) is 61.5 Å². The second kappa shape index (κ2) is 6.45. The quantitative estimate of drug-likeness (QED) is 0.496. The smallest absolute Gasteiger partial charge is 0.235 e. The highest BCUT2D eigenvalue weighted by Crippen LogP contribution is 2.33. The first-order valence-electron chi connectivity index (χ1n) is 7.40. The van der Waals surface area contributed by atoms with Crippen molar-refractivity contribution in [1.29, 1.82) is 0 Å². The summed E-state index contributed by atoms with van der Waals surface area (Å²) in [6.45, 7) is 0. The van der Waals surface area contributed by atoms with E-state index in [1.807, 2.05) is 42.5 Å². The number of methoxy groups -OCH3 is 2. The van der Waals surface area contributed by atoms with Crippen LogP contribution in [0.15, 0.2) is 46.9 Å². The number of hydrogen-bond acceptors (Lipinski definition) is 6. The van der Waals surface area contributed by atoms with Gasteiger partial charge in [0.2, 0.25) is 4.96 Å². The molecule has 0 N–H and O–H groups in total. The number of benzene rings is 2. The van der Waals surface area contributed by atoms with Gasteiger partial charge in [-0.2, -0.15) is 9.61 Å². The Morgan fingerprint density at radius 2 is 1.68 bits per heavy atom. The third kappa shape index (κ3) is 2.87. The molecule has 2 heterocycles. The molecule has 126 valence electrons. The minimum absolute atomic E-state index is 0.664. The molecule has 0 spiro atoms. The van der Waals surface area contributed by atoms with Crippen molar-refractivity contribution in [2.45, 2.75) is 0 Å². The molecular weight excluding hydrogens is 404 g/mol. The SMILES string of the molecule is COc1ccc(-c2nn3c(-c4cc(OC)ccc4Br)nnc3s2)cc1. The van der Waals surface area contributed by atoms with E-state index in [1.54, 1.807) is 18.7 Å². The van der Waals surface area contributed by atoms with Crippen LogP contribution in [0.3, 0.4) is 0 Å². The number of hydrogen-bond donors (Lipinski definition) is 0. The molecule has 0 saturated carbocycles. The van der Waals surface area contributed by atoms with Crippen molar-refractivity contribution in [3.05, 3.63) is 46.9 Å². The van der Waals surface area contributed by atoms with Gasteiger partial charge < -0.3 is 9.47 Å². The molecule has 4 rings (SSSR count). The molecule has 0 bridgehead atoms. The number of halogens is 1. The Hall–Kier alpha value is -2.45. The molecule has 0 saturated heterocycles. The fourth-order valence-electron chi connectivity index (χ4n) is 2.44. The average Bonchev–Trinajstić information content (AvgIpc) is 3.23. The number of nitrogens with zero attached hydrogens (tertiary/aromatic N) is 4. The molecule has 8 heteroatoms. The van der Waals surface area contributed by atoms with Crippen LogP contribution in [0.4, 0.5) is 0 Å². The van der Waals surface area contributed by atoms with Crippen molar-refractivity contribution in [2.75, 3.05) is 14.2 Å². The van der Waals surface area contributed by atoms with Crippen LogP contribution in [0.1, 0.15) is 0 Å². The summed E-state index contributed by atoms with van der Waals surface area (Å²) in [5.41, 5.74) is 1.88. The van der Waals surface area contributed by atoms with E-state index in [9.17, 15) is 0 Å². The number of aromatic nitrogens is 4. The van der Waals surface area contributed by atoms with Gasteiger partial charge in [-0.3, -0.25) is 0 Å². The summed E-state index contributed by atoms with van der Waals surface area (Å²) in [6.07, 6.45) is 0. The van der Waals surface area contributed by atoms with E-state index >= 15 is 0 Å². The summed E-state index contributed by atoms with van der Waals surface area (Å²) in [4.78, 5) is 0.732. The van der Waals surface area contributed by atoms with Gasteiger partial charge in [0.05, 0.1) is 14.2 Å². The van der Waals surface area contributed by atoms with Gasteiger partial charge in [-0.25, -0.2) is 0 Å². The van der Waals surface area contributed by atoms with Crippen molar-refractivity contribution in [2.24, 2.45) is 0 Å². The molecule has 0 amide bonds. The predicted molar refractivity (Wildman–Crippen MR) is 100 cm³/mol. The van der Waals surface area contributed by atoms with E-state index < -0.39 is 0 Å². The van der Waals surface area contributed by atoms with Crippen molar-refractivity contribution < 1.29 is 9.47 Å². The second-order valence-corrected chi connectivity index (χ2v) is 7.01. The highest BCUT2D eigenvalue weighted by atomic mass is 79.9. The fraction of sp³-hybridized carbons (Fsp3) is 0.118. The summed E-state index contributed by atoms with van der Waals surface area (Å²) < 4.78 is 13.2. The molecule has 2 aromatic carbocycles. The van der Waals surface area contributed by atoms with E-state index in [0.29, 0.717) is 5.82 Å². The van der Waals surface area contributed by atoms with Crippen LogP contribution < -0.4 is 9.47 Å². The maximum absolute atomic E-state index is 5.31. The first-order valence-corrected chi connectivity index (χ1v) is 9.01. The molecule has 0 aliphatic heterocycles. The predicted octanol–water partition coefficient (Wildman–Crippen LogP) is 4.30. The van der Waals surface area contributed by atoms with Crippen molar-refractivity contribution in [3.63, 3.8) is 0 Å². The van der Waals surface area contributed by atoms with Gasteiger partial charge in [0.25, 0.3) is 0 Å². The summed E-state index contributed by atoms with van der Waals surface area (Å²) in [5, 5.41) is 14.1. The lowest BCUT2D eigenvalue weighted by Gasteiger charge is -2.04.